The van der Waals surface area contributed by atoms with Crippen molar-refractivity contribution in [1.29, 1.82) is 0 Å². The zero-order valence-corrected chi connectivity index (χ0v) is 15.3. The predicted molar refractivity (Wildman–Crippen MR) is 99.6 cm³/mol. The standard InChI is InChI=1S/C18H18Cl2N2O3/c1-3-21-18(24)12-5-4-6-14(9-12)22-17(23)11(2)25-16-8-7-13(19)10-15(16)20/h4-11H,3H2,1-2H3,(H,21,24)(H,22,23). The molecule has 1 atom stereocenters. The summed E-state index contributed by atoms with van der Waals surface area (Å²) >= 11 is 11.9. The second-order valence-corrected chi connectivity index (χ2v) is 6.11. The Kier molecular flexibility index (Phi) is 6.67. The number of carbonyl (C=O) groups is 2. The molecule has 2 amide bonds. The van der Waals surface area contributed by atoms with E-state index in [-0.39, 0.29) is 11.8 Å². The number of benzene rings is 2. The third kappa shape index (κ3) is 5.37. The summed E-state index contributed by atoms with van der Waals surface area (Å²) in [5.41, 5.74) is 0.973. The van der Waals surface area contributed by atoms with E-state index in [0.29, 0.717) is 33.6 Å². The first-order chi connectivity index (χ1) is 11.9. The SMILES string of the molecule is CCNC(=O)c1cccc(NC(=O)C(C)Oc2ccc(Cl)cc2Cl)c1. The molecule has 7 heteroatoms. The first kappa shape index (κ1) is 19.1. The van der Waals surface area contributed by atoms with E-state index in [9.17, 15) is 9.59 Å². The summed E-state index contributed by atoms with van der Waals surface area (Å²) < 4.78 is 5.57. The van der Waals surface area contributed by atoms with Gasteiger partial charge in [-0.15, -0.1) is 0 Å². The van der Waals surface area contributed by atoms with Crippen LogP contribution in [-0.2, 0) is 4.79 Å². The molecule has 2 aromatic carbocycles. The molecule has 132 valence electrons. The lowest BCUT2D eigenvalue weighted by atomic mass is 10.2. The van der Waals surface area contributed by atoms with Gasteiger partial charge in [0.25, 0.3) is 11.8 Å². The molecule has 1 unspecified atom stereocenters. The van der Waals surface area contributed by atoms with E-state index in [4.69, 9.17) is 27.9 Å². The molecule has 2 rings (SSSR count). The Morgan fingerprint density at radius 2 is 1.92 bits per heavy atom. The minimum absolute atomic E-state index is 0.198. The lowest BCUT2D eigenvalue weighted by Gasteiger charge is -2.16. The van der Waals surface area contributed by atoms with E-state index < -0.39 is 6.10 Å². The van der Waals surface area contributed by atoms with Crippen molar-refractivity contribution in [1.82, 2.24) is 5.32 Å². The Hall–Kier alpha value is -2.24. The predicted octanol–water partition coefficient (Wildman–Crippen LogP) is 4.15. The largest absolute Gasteiger partial charge is 0.479 e. The van der Waals surface area contributed by atoms with Gasteiger partial charge in [0.05, 0.1) is 5.02 Å². The van der Waals surface area contributed by atoms with Crippen molar-refractivity contribution in [2.24, 2.45) is 0 Å². The van der Waals surface area contributed by atoms with Crippen LogP contribution in [0.3, 0.4) is 0 Å². The molecule has 0 bridgehead atoms. The molecule has 0 spiro atoms. The molecule has 2 aromatic rings. The number of anilines is 1. The minimum Gasteiger partial charge on any atom is -0.479 e. The number of nitrogens with one attached hydrogen (secondary N) is 2. The Labute approximate surface area is 156 Å². The third-order valence-electron chi connectivity index (χ3n) is 3.30. The molecule has 0 heterocycles. The van der Waals surface area contributed by atoms with Gasteiger partial charge < -0.3 is 15.4 Å². The summed E-state index contributed by atoms with van der Waals surface area (Å²) in [4.78, 5) is 24.1. The highest BCUT2D eigenvalue weighted by atomic mass is 35.5. The van der Waals surface area contributed by atoms with Crippen molar-refractivity contribution in [3.05, 3.63) is 58.1 Å². The van der Waals surface area contributed by atoms with Crippen LogP contribution >= 0.6 is 23.2 Å². The summed E-state index contributed by atoms with van der Waals surface area (Å²) in [7, 11) is 0. The van der Waals surface area contributed by atoms with Gasteiger partial charge in [0.2, 0.25) is 0 Å². The fraction of sp³-hybridized carbons (Fsp3) is 0.222. The highest BCUT2D eigenvalue weighted by Crippen LogP contribution is 2.28. The van der Waals surface area contributed by atoms with Crippen molar-refractivity contribution in [3.63, 3.8) is 0 Å². The van der Waals surface area contributed by atoms with Gasteiger partial charge in [-0.1, -0.05) is 29.3 Å². The number of hydrogen-bond donors (Lipinski definition) is 2. The maximum absolute atomic E-state index is 12.3. The molecule has 5 nitrogen and oxygen atoms in total. The smallest absolute Gasteiger partial charge is 0.265 e. The number of ether oxygens (including phenoxy) is 1. The van der Waals surface area contributed by atoms with Crippen LogP contribution in [0.1, 0.15) is 24.2 Å². The lowest BCUT2D eigenvalue weighted by molar-refractivity contribution is -0.122. The lowest BCUT2D eigenvalue weighted by Crippen LogP contribution is -2.30. The quantitative estimate of drug-likeness (QED) is 0.790. The summed E-state index contributed by atoms with van der Waals surface area (Å²) in [5.74, 6) is -0.195. The Bertz CT molecular complexity index is 781. The topological polar surface area (TPSA) is 67.4 Å². The van der Waals surface area contributed by atoms with Crippen LogP contribution in [0.2, 0.25) is 10.0 Å². The maximum atomic E-state index is 12.3. The van der Waals surface area contributed by atoms with Gasteiger partial charge in [0.15, 0.2) is 6.10 Å². The van der Waals surface area contributed by atoms with Gasteiger partial charge in [0, 0.05) is 22.8 Å². The Morgan fingerprint density at radius 1 is 1.16 bits per heavy atom. The van der Waals surface area contributed by atoms with Crippen LogP contribution in [0.5, 0.6) is 5.75 Å². The van der Waals surface area contributed by atoms with Gasteiger partial charge in [-0.2, -0.15) is 0 Å². The minimum atomic E-state index is -0.785. The second kappa shape index (κ2) is 8.74. The van der Waals surface area contributed by atoms with Crippen molar-refractivity contribution >= 4 is 40.7 Å². The number of carbonyl (C=O) groups excluding carboxylic acids is 2. The molecular formula is C18H18Cl2N2O3. The van der Waals surface area contributed by atoms with Crippen LogP contribution in [0.15, 0.2) is 42.5 Å². The van der Waals surface area contributed by atoms with E-state index in [2.05, 4.69) is 10.6 Å². The summed E-state index contributed by atoms with van der Waals surface area (Å²) in [5, 5.41) is 6.23. The molecule has 0 fully saturated rings. The summed E-state index contributed by atoms with van der Waals surface area (Å²) in [6, 6.07) is 11.4. The van der Waals surface area contributed by atoms with Crippen molar-refractivity contribution < 1.29 is 14.3 Å². The summed E-state index contributed by atoms with van der Waals surface area (Å²) in [6.45, 7) is 3.97. The van der Waals surface area contributed by atoms with Crippen molar-refractivity contribution in [2.45, 2.75) is 20.0 Å². The fourth-order valence-electron chi connectivity index (χ4n) is 2.06. The zero-order chi connectivity index (χ0) is 18.4. The van der Waals surface area contributed by atoms with Gasteiger partial charge >= 0.3 is 0 Å². The van der Waals surface area contributed by atoms with E-state index in [0.717, 1.165) is 0 Å². The van der Waals surface area contributed by atoms with E-state index in [1.54, 1.807) is 49.4 Å². The number of hydrogen-bond acceptors (Lipinski definition) is 3. The first-order valence-electron chi connectivity index (χ1n) is 7.71. The van der Waals surface area contributed by atoms with Crippen LogP contribution in [0, 0.1) is 0 Å². The Balaban J connectivity index is 2.03. The molecule has 25 heavy (non-hydrogen) atoms. The molecule has 0 saturated heterocycles. The van der Waals surface area contributed by atoms with Crippen LogP contribution < -0.4 is 15.4 Å². The molecule has 2 N–H and O–H groups in total. The summed E-state index contributed by atoms with van der Waals surface area (Å²) in [6.07, 6.45) is -0.785. The monoisotopic (exact) mass is 380 g/mol. The normalized spacial score (nSPS) is 11.5. The van der Waals surface area contributed by atoms with E-state index in [1.165, 1.54) is 0 Å². The molecule has 0 aromatic heterocycles. The van der Waals surface area contributed by atoms with E-state index in [1.807, 2.05) is 6.92 Å². The van der Waals surface area contributed by atoms with Crippen molar-refractivity contribution in [3.8, 4) is 5.75 Å². The van der Waals surface area contributed by atoms with Gasteiger partial charge in [-0.25, -0.2) is 0 Å². The molecule has 0 saturated carbocycles. The number of rotatable bonds is 6. The zero-order valence-electron chi connectivity index (χ0n) is 13.8. The van der Waals surface area contributed by atoms with Crippen molar-refractivity contribution in [2.75, 3.05) is 11.9 Å². The molecule has 0 aliphatic rings. The Morgan fingerprint density at radius 3 is 2.60 bits per heavy atom. The van der Waals surface area contributed by atoms with Crippen LogP contribution in [0.4, 0.5) is 5.69 Å². The van der Waals surface area contributed by atoms with Crippen LogP contribution in [-0.4, -0.2) is 24.5 Å². The number of halogens is 2. The third-order valence-corrected chi connectivity index (χ3v) is 3.83. The number of amides is 2. The molecule has 0 aliphatic heterocycles. The van der Waals surface area contributed by atoms with Gasteiger partial charge in [-0.3, -0.25) is 9.59 Å². The molecule has 0 aliphatic carbocycles. The van der Waals surface area contributed by atoms with Crippen LogP contribution in [0.25, 0.3) is 0 Å². The van der Waals surface area contributed by atoms with E-state index >= 15 is 0 Å². The van der Waals surface area contributed by atoms with Gasteiger partial charge in [-0.05, 0) is 50.2 Å². The highest BCUT2D eigenvalue weighted by Gasteiger charge is 2.17. The first-order valence-corrected chi connectivity index (χ1v) is 8.47. The van der Waals surface area contributed by atoms with Gasteiger partial charge in [0.1, 0.15) is 5.75 Å². The fourth-order valence-corrected chi connectivity index (χ4v) is 2.51. The average molecular weight is 381 g/mol. The average Bonchev–Trinajstić information content (AvgIpc) is 2.57. The highest BCUT2D eigenvalue weighted by molar-refractivity contribution is 6.35. The maximum Gasteiger partial charge on any atom is 0.265 e. The molecule has 0 radical (unpaired) electrons. The molecular weight excluding hydrogens is 363 g/mol. The second-order valence-electron chi connectivity index (χ2n) is 5.26.